The molecule has 22 heteroatoms. The van der Waals surface area contributed by atoms with Gasteiger partial charge in [-0.3, -0.25) is 0 Å². The van der Waals surface area contributed by atoms with Crippen LogP contribution in [0.2, 0.25) is 0 Å². The van der Waals surface area contributed by atoms with Crippen LogP contribution in [0, 0.1) is 20.8 Å². The molecule has 4 saturated heterocycles. The summed E-state index contributed by atoms with van der Waals surface area (Å²) in [6.45, 7) is 4.45. The zero-order valence-electron chi connectivity index (χ0n) is 30.4. The van der Waals surface area contributed by atoms with Crippen molar-refractivity contribution in [2.45, 2.75) is 27.3 Å². The minimum Gasteiger partial charge on any atom is -0.576 e. The third-order valence-corrected chi connectivity index (χ3v) is 8.25. The van der Waals surface area contributed by atoms with E-state index in [1.165, 1.54) is 28.5 Å². The van der Waals surface area contributed by atoms with E-state index >= 15 is 0 Å². The fourth-order valence-corrected chi connectivity index (χ4v) is 4.97. The summed E-state index contributed by atoms with van der Waals surface area (Å²) in [5.41, 5.74) is 4.99. The third kappa shape index (κ3) is 8.81. The molecule has 20 nitrogen and oxygen atoms in total. The Balaban J connectivity index is 0.000000143. The van der Waals surface area contributed by atoms with E-state index < -0.39 is 61.7 Å². The number of carbonyl (C=O) groups excluding carboxylic acids is 8. The zero-order valence-corrected chi connectivity index (χ0v) is 30.4. The quantitative estimate of drug-likeness (QED) is 0.144. The number of carbonyl (C=O) groups is 8. The molecule has 4 aromatic rings. The molecule has 2 aromatic carbocycles. The molecule has 4 aliphatic rings. The van der Waals surface area contributed by atoms with Gasteiger partial charge in [-0.1, -0.05) is 54.6 Å². The van der Waals surface area contributed by atoms with Gasteiger partial charge in [-0.25, -0.2) is 56.6 Å². The number of benzene rings is 2. The van der Waals surface area contributed by atoms with Gasteiger partial charge in [0.05, 0.1) is 14.1 Å². The van der Waals surface area contributed by atoms with Gasteiger partial charge < -0.3 is 37.2 Å². The molecule has 4 aliphatic heterocycles. The molecule has 2 aromatic heterocycles. The van der Waals surface area contributed by atoms with Gasteiger partial charge in [-0.15, -0.1) is 0 Å². The predicted molar refractivity (Wildman–Crippen MR) is 183 cm³/mol. The number of imidazole rings is 2. The predicted octanol–water partition coefficient (Wildman–Crippen LogP) is -0.525. The molecule has 8 rings (SSSR count). The molecule has 2 spiro atoms. The average molecular weight is 774 g/mol. The molecule has 0 saturated carbocycles. The molecule has 0 unspecified atom stereocenters. The molecular formula is C34H32B2N4O16. The monoisotopic (exact) mass is 774 g/mol. The number of hydrogen-bond acceptors (Lipinski definition) is 16. The Kier molecular flexibility index (Phi) is 11.2. The van der Waals surface area contributed by atoms with Crippen molar-refractivity contribution in [3.05, 3.63) is 108 Å². The van der Waals surface area contributed by atoms with Crippen LogP contribution in [0.1, 0.15) is 28.3 Å². The molecule has 6 heterocycles. The molecule has 0 atom stereocenters. The van der Waals surface area contributed by atoms with E-state index in [2.05, 4.69) is 163 Å². The van der Waals surface area contributed by atoms with Crippen LogP contribution in [-0.4, -0.2) is 70.8 Å². The molecule has 56 heavy (non-hydrogen) atoms. The number of rotatable bonds is 4. The van der Waals surface area contributed by atoms with Crippen molar-refractivity contribution in [1.29, 1.82) is 0 Å². The highest BCUT2D eigenvalue weighted by atomic mass is 17.0. The first kappa shape index (κ1) is 39.7. The lowest BCUT2D eigenvalue weighted by Gasteiger charge is -2.21. The van der Waals surface area contributed by atoms with Crippen LogP contribution in [-0.2, 0) is 96.2 Å². The van der Waals surface area contributed by atoms with E-state index in [0.29, 0.717) is 0 Å². The van der Waals surface area contributed by atoms with Crippen LogP contribution in [0.5, 0.6) is 0 Å². The van der Waals surface area contributed by atoms with E-state index in [0.717, 1.165) is 12.1 Å². The number of aryl methyl sites for hydroxylation is 3. The van der Waals surface area contributed by atoms with Crippen molar-refractivity contribution in [3.63, 3.8) is 0 Å². The highest BCUT2D eigenvalue weighted by molar-refractivity contribution is 6.74. The van der Waals surface area contributed by atoms with E-state index in [-0.39, 0.29) is 0 Å². The minimum absolute atomic E-state index is 0.951. The lowest BCUT2D eigenvalue weighted by molar-refractivity contribution is -0.677. The lowest BCUT2D eigenvalue weighted by Crippen LogP contribution is -2.40. The number of hydrogen-bond donors (Lipinski definition) is 0. The Hall–Kier alpha value is -7.51. The maximum absolute atomic E-state index is 10.5. The van der Waals surface area contributed by atoms with Crippen molar-refractivity contribution in [2.75, 3.05) is 0 Å². The van der Waals surface area contributed by atoms with Crippen molar-refractivity contribution >= 4 is 67.7 Å². The first-order valence-corrected chi connectivity index (χ1v) is 16.4. The molecule has 0 amide bonds. The lowest BCUT2D eigenvalue weighted by atomic mass is 10.1. The third-order valence-electron chi connectivity index (χ3n) is 8.25. The van der Waals surface area contributed by atoms with Gasteiger partial charge in [0.25, 0.3) is 11.6 Å². The van der Waals surface area contributed by atoms with Crippen LogP contribution in [0.4, 0.5) is 0 Å². The second kappa shape index (κ2) is 15.8. The van der Waals surface area contributed by atoms with Gasteiger partial charge in [0, 0.05) is 13.8 Å². The van der Waals surface area contributed by atoms with Crippen molar-refractivity contribution in [3.8, 4) is 5.69 Å². The van der Waals surface area contributed by atoms with E-state index in [1.54, 1.807) is 0 Å². The van der Waals surface area contributed by atoms with Crippen LogP contribution < -0.4 is 9.13 Å². The Labute approximate surface area is 316 Å². The smallest absolute Gasteiger partial charge is 0.576 e. The normalized spacial score (nSPS) is 16.7. The van der Waals surface area contributed by atoms with Gasteiger partial charge in [0.15, 0.2) is 0 Å². The molecule has 0 bridgehead atoms. The Morgan fingerprint density at radius 2 is 0.929 bits per heavy atom. The number of nitrogens with zero attached hydrogens (tertiary/aromatic N) is 4. The fourth-order valence-electron chi connectivity index (χ4n) is 4.97. The van der Waals surface area contributed by atoms with Gasteiger partial charge in [-0.2, -0.15) is 0 Å². The largest absolute Gasteiger partial charge is 0.786 e. The van der Waals surface area contributed by atoms with Crippen molar-refractivity contribution in [1.82, 2.24) is 9.13 Å². The fraction of sp³-hybridized carbons (Fsp3) is 0.176. The summed E-state index contributed by atoms with van der Waals surface area (Å²) in [5.74, 6) is -8.50. The van der Waals surface area contributed by atoms with Gasteiger partial charge >= 0.3 is 61.7 Å². The molecule has 0 radical (unpaired) electrons. The van der Waals surface area contributed by atoms with Gasteiger partial charge in [0.1, 0.15) is 37.0 Å². The standard InChI is InChI=1S/C13H17N2.C13H15N2.2C4BO8/c1-11-4-6-13(7-5-11)10-15-9-8-14(3)12(15)2;1-4-12-5-7-13(8-6-12)15-10-9-14(3)11(15)2;2*6-1-2(7)11-5(10-1)12-3(8)4(9)13-5/h4-9H,10H2,1-3H3;4-10H,1H2,2-3H3;;/q2*+1;2*-1. The molecule has 290 valence electrons. The van der Waals surface area contributed by atoms with Gasteiger partial charge in [0.2, 0.25) is 0 Å². The van der Waals surface area contributed by atoms with E-state index in [4.69, 9.17) is 0 Å². The van der Waals surface area contributed by atoms with Crippen molar-refractivity contribution in [2.24, 2.45) is 14.1 Å². The summed E-state index contributed by atoms with van der Waals surface area (Å²) in [5, 5.41) is 0. The summed E-state index contributed by atoms with van der Waals surface area (Å²) in [4.78, 5) is 83.9. The summed E-state index contributed by atoms with van der Waals surface area (Å²) in [6, 6.07) is 17.0. The average Bonchev–Trinajstić information content (AvgIpc) is 3.95. The summed E-state index contributed by atoms with van der Waals surface area (Å²) in [6.07, 6.45) is 10.2. The summed E-state index contributed by atoms with van der Waals surface area (Å²) < 4.78 is 41.7. The van der Waals surface area contributed by atoms with Gasteiger partial charge in [-0.05, 0) is 30.2 Å². The molecule has 4 fully saturated rings. The maximum atomic E-state index is 10.5. The first-order valence-electron chi connectivity index (χ1n) is 16.4. The van der Waals surface area contributed by atoms with Crippen LogP contribution in [0.3, 0.4) is 0 Å². The van der Waals surface area contributed by atoms with Crippen LogP contribution >= 0.6 is 0 Å². The van der Waals surface area contributed by atoms with Crippen molar-refractivity contribution < 1.29 is 84.7 Å². The topological polar surface area (TPSA) is 228 Å². The van der Waals surface area contributed by atoms with Crippen LogP contribution in [0.15, 0.2) is 79.9 Å². The minimum atomic E-state index is -3.30. The Bertz CT molecular complexity index is 2070. The maximum Gasteiger partial charge on any atom is 0.786 e. The highest BCUT2D eigenvalue weighted by Gasteiger charge is 2.61. The first-order chi connectivity index (χ1) is 26.4. The second-order valence-corrected chi connectivity index (χ2v) is 12.1. The SMILES string of the molecule is C=Cc1ccc(-n2cc[n+](C)c2C)cc1.Cc1ccc(Cn2cc[n+](C)c2C)cc1.O=C1O[B-]2(OC1=O)OC(=O)C(=O)O2.O=C1O[B-]2(OC1=O)OC(=O)C(=O)O2. The molecular weight excluding hydrogens is 742 g/mol. The Morgan fingerprint density at radius 1 is 0.554 bits per heavy atom. The van der Waals surface area contributed by atoms with Crippen LogP contribution in [0.25, 0.3) is 11.8 Å². The summed E-state index contributed by atoms with van der Waals surface area (Å²) in [7, 11) is 4.12. The molecule has 0 N–H and O–H groups in total. The number of aromatic nitrogens is 4. The molecule has 0 aliphatic carbocycles. The Morgan fingerprint density at radius 3 is 1.25 bits per heavy atom. The van der Waals surface area contributed by atoms with E-state index in [1.807, 2.05) is 13.1 Å². The summed E-state index contributed by atoms with van der Waals surface area (Å²) >= 11 is 0. The highest BCUT2D eigenvalue weighted by Crippen LogP contribution is 2.25. The second-order valence-electron chi connectivity index (χ2n) is 12.1. The van der Waals surface area contributed by atoms with E-state index in [9.17, 15) is 38.4 Å². The zero-order chi connectivity index (χ0) is 40.9.